The maximum absolute atomic E-state index is 12.3. The van der Waals surface area contributed by atoms with Crippen molar-refractivity contribution in [1.29, 1.82) is 0 Å². The number of carbonyl (C=O) groups excluding carboxylic acids is 1. The molecule has 9 heteroatoms. The number of rotatable bonds is 13. The number of pyridine rings is 1. The third-order valence-corrected chi connectivity index (χ3v) is 5.74. The molecule has 2 aromatic rings. The van der Waals surface area contributed by atoms with Gasteiger partial charge in [0.25, 0.3) is 5.91 Å². The summed E-state index contributed by atoms with van der Waals surface area (Å²) in [5.74, 6) is 0.299. The first-order valence-electron chi connectivity index (χ1n) is 10.2. The number of amides is 1. The molecule has 4 N–H and O–H groups in total. The van der Waals surface area contributed by atoms with Gasteiger partial charge in [-0.3, -0.25) is 9.78 Å². The van der Waals surface area contributed by atoms with Crippen LogP contribution in [0.3, 0.4) is 0 Å². The van der Waals surface area contributed by atoms with E-state index in [9.17, 15) is 10.0 Å². The van der Waals surface area contributed by atoms with Crippen LogP contribution < -0.4 is 15.8 Å². The molecule has 0 fully saturated rings. The summed E-state index contributed by atoms with van der Waals surface area (Å²) < 4.78 is 7.39. The maximum atomic E-state index is 12.3. The molecule has 168 valence electrons. The van der Waals surface area contributed by atoms with Gasteiger partial charge in [-0.05, 0) is 81.1 Å². The fourth-order valence-electron chi connectivity index (χ4n) is 2.94. The Morgan fingerprint density at radius 1 is 1.16 bits per heavy atom. The minimum absolute atomic E-state index is 0.0598. The van der Waals surface area contributed by atoms with Gasteiger partial charge in [0.1, 0.15) is 11.5 Å². The molecule has 0 aliphatic carbocycles. The summed E-state index contributed by atoms with van der Waals surface area (Å²) in [5.41, 5.74) is 7.30. The molecule has 0 aliphatic rings. The van der Waals surface area contributed by atoms with E-state index in [-0.39, 0.29) is 18.0 Å². The fourth-order valence-corrected chi connectivity index (χ4v) is 4.45. The SMILES string of the molecule is NCCCCCCNC(=O)C(Cc1cc(Br)c(OCCc2ccccn2)c(Br)c1)=NO. The Labute approximate surface area is 199 Å². The van der Waals surface area contributed by atoms with Crippen LogP contribution in [-0.2, 0) is 17.6 Å². The monoisotopic (exact) mass is 554 g/mol. The summed E-state index contributed by atoms with van der Waals surface area (Å²) in [6.07, 6.45) is 6.55. The van der Waals surface area contributed by atoms with Crippen LogP contribution in [0.5, 0.6) is 5.75 Å². The van der Waals surface area contributed by atoms with Crippen molar-refractivity contribution in [3.8, 4) is 5.75 Å². The van der Waals surface area contributed by atoms with Crippen molar-refractivity contribution in [2.45, 2.75) is 38.5 Å². The van der Waals surface area contributed by atoms with Crippen LogP contribution in [0.15, 0.2) is 50.6 Å². The second-order valence-electron chi connectivity index (χ2n) is 6.99. The molecule has 1 heterocycles. The average Bonchev–Trinajstić information content (AvgIpc) is 2.77. The Bertz CT molecular complexity index is 840. The van der Waals surface area contributed by atoms with Gasteiger partial charge in [0.05, 0.1) is 15.6 Å². The summed E-state index contributed by atoms with van der Waals surface area (Å²) in [6, 6.07) is 9.49. The number of oxime groups is 1. The van der Waals surface area contributed by atoms with Crippen molar-refractivity contribution >= 4 is 43.5 Å². The van der Waals surface area contributed by atoms with E-state index in [2.05, 4.69) is 47.3 Å². The van der Waals surface area contributed by atoms with E-state index in [0.29, 0.717) is 31.9 Å². The molecule has 0 radical (unpaired) electrons. The van der Waals surface area contributed by atoms with E-state index in [1.165, 1.54) is 0 Å². The number of nitrogens with one attached hydrogen (secondary N) is 1. The molecule has 2 rings (SSSR count). The number of aromatic nitrogens is 1. The van der Waals surface area contributed by atoms with Crippen molar-refractivity contribution in [1.82, 2.24) is 10.3 Å². The Hall–Kier alpha value is -1.97. The lowest BCUT2D eigenvalue weighted by Gasteiger charge is -2.13. The Morgan fingerprint density at radius 2 is 1.90 bits per heavy atom. The van der Waals surface area contributed by atoms with Gasteiger partial charge in [-0.1, -0.05) is 24.1 Å². The zero-order valence-electron chi connectivity index (χ0n) is 17.3. The van der Waals surface area contributed by atoms with Crippen LogP contribution in [0.4, 0.5) is 0 Å². The summed E-state index contributed by atoms with van der Waals surface area (Å²) in [7, 11) is 0. The van der Waals surface area contributed by atoms with Gasteiger partial charge in [0.2, 0.25) is 0 Å². The van der Waals surface area contributed by atoms with E-state index in [1.54, 1.807) is 6.20 Å². The second kappa shape index (κ2) is 14.2. The maximum Gasteiger partial charge on any atom is 0.269 e. The number of nitrogens with zero attached hydrogens (tertiary/aromatic N) is 2. The quantitative estimate of drug-likeness (QED) is 0.148. The molecule has 0 bridgehead atoms. The molecule has 0 saturated heterocycles. The molecular formula is C22H28Br2N4O3. The van der Waals surface area contributed by atoms with Crippen LogP contribution >= 0.6 is 31.9 Å². The van der Waals surface area contributed by atoms with E-state index < -0.39 is 0 Å². The number of unbranched alkanes of at least 4 members (excludes halogenated alkanes) is 3. The first kappa shape index (κ1) is 25.3. The number of hydrogen-bond acceptors (Lipinski definition) is 6. The summed E-state index contributed by atoms with van der Waals surface area (Å²) in [4.78, 5) is 16.6. The van der Waals surface area contributed by atoms with Crippen molar-refractivity contribution < 1.29 is 14.7 Å². The highest BCUT2D eigenvalue weighted by Crippen LogP contribution is 2.35. The normalized spacial score (nSPS) is 11.4. The molecule has 0 atom stereocenters. The second-order valence-corrected chi connectivity index (χ2v) is 8.70. The Kier molecular flexibility index (Phi) is 11.6. The summed E-state index contributed by atoms with van der Waals surface area (Å²) in [5, 5.41) is 15.3. The molecule has 0 unspecified atom stereocenters. The van der Waals surface area contributed by atoms with E-state index in [4.69, 9.17) is 10.5 Å². The van der Waals surface area contributed by atoms with Crippen molar-refractivity contribution in [3.05, 3.63) is 56.7 Å². The molecular weight excluding hydrogens is 528 g/mol. The predicted molar refractivity (Wildman–Crippen MR) is 129 cm³/mol. The van der Waals surface area contributed by atoms with Gasteiger partial charge < -0.3 is 21.0 Å². The van der Waals surface area contributed by atoms with Gasteiger partial charge in [-0.15, -0.1) is 0 Å². The van der Waals surface area contributed by atoms with Crippen LogP contribution in [0.1, 0.15) is 36.9 Å². The molecule has 1 amide bonds. The lowest BCUT2D eigenvalue weighted by atomic mass is 10.1. The highest BCUT2D eigenvalue weighted by atomic mass is 79.9. The van der Waals surface area contributed by atoms with E-state index in [1.807, 2.05) is 30.3 Å². The molecule has 7 nitrogen and oxygen atoms in total. The molecule has 0 saturated carbocycles. The van der Waals surface area contributed by atoms with Crippen LogP contribution in [0.2, 0.25) is 0 Å². The first-order valence-corrected chi connectivity index (χ1v) is 11.8. The van der Waals surface area contributed by atoms with Crippen molar-refractivity contribution in [2.24, 2.45) is 10.9 Å². The molecule has 1 aromatic heterocycles. The lowest BCUT2D eigenvalue weighted by molar-refractivity contribution is -0.115. The zero-order valence-corrected chi connectivity index (χ0v) is 20.5. The number of benzene rings is 1. The third kappa shape index (κ3) is 8.96. The van der Waals surface area contributed by atoms with Gasteiger partial charge in [-0.25, -0.2) is 0 Å². The topological polar surface area (TPSA) is 110 Å². The predicted octanol–water partition coefficient (Wildman–Crippen LogP) is 4.24. The number of halogens is 2. The Balaban J connectivity index is 1.88. The average molecular weight is 556 g/mol. The smallest absolute Gasteiger partial charge is 0.269 e. The number of hydrogen-bond donors (Lipinski definition) is 3. The van der Waals surface area contributed by atoms with Crippen LogP contribution in [0.25, 0.3) is 0 Å². The van der Waals surface area contributed by atoms with Gasteiger partial charge in [0.15, 0.2) is 0 Å². The zero-order chi connectivity index (χ0) is 22.5. The summed E-state index contributed by atoms with van der Waals surface area (Å²) in [6.45, 7) is 1.70. The highest BCUT2D eigenvalue weighted by molar-refractivity contribution is 9.11. The Morgan fingerprint density at radius 3 is 2.55 bits per heavy atom. The molecule has 31 heavy (non-hydrogen) atoms. The van der Waals surface area contributed by atoms with Crippen molar-refractivity contribution in [3.63, 3.8) is 0 Å². The first-order chi connectivity index (χ1) is 15.0. The lowest BCUT2D eigenvalue weighted by Crippen LogP contribution is -2.33. The molecule has 0 aliphatic heterocycles. The van der Waals surface area contributed by atoms with Crippen LogP contribution in [0, 0.1) is 0 Å². The number of nitrogens with two attached hydrogens (primary N) is 1. The van der Waals surface area contributed by atoms with E-state index in [0.717, 1.165) is 45.9 Å². The standard InChI is InChI=1S/C22H28Br2N4O3/c23-18-13-16(15-20(28-30)22(29)27-11-5-2-1-4-9-25)14-19(24)21(18)31-12-8-17-7-3-6-10-26-17/h3,6-7,10,13-14,30H,1-2,4-5,8-9,11-12,15,25H2,(H,27,29). The van der Waals surface area contributed by atoms with Crippen LogP contribution in [-0.4, -0.2) is 41.5 Å². The van der Waals surface area contributed by atoms with Gasteiger partial charge >= 0.3 is 0 Å². The minimum Gasteiger partial charge on any atom is -0.491 e. The highest BCUT2D eigenvalue weighted by Gasteiger charge is 2.16. The van der Waals surface area contributed by atoms with E-state index >= 15 is 0 Å². The molecule has 0 spiro atoms. The van der Waals surface area contributed by atoms with Crippen molar-refractivity contribution in [2.75, 3.05) is 19.7 Å². The summed E-state index contributed by atoms with van der Waals surface area (Å²) >= 11 is 7.05. The van der Waals surface area contributed by atoms with Gasteiger partial charge in [-0.2, -0.15) is 0 Å². The fraction of sp³-hybridized carbons (Fsp3) is 0.409. The molecule has 1 aromatic carbocycles. The number of carbonyl (C=O) groups is 1. The number of ether oxygens (including phenoxy) is 1. The minimum atomic E-state index is -0.371. The third-order valence-electron chi connectivity index (χ3n) is 4.56. The largest absolute Gasteiger partial charge is 0.491 e. The van der Waals surface area contributed by atoms with Gasteiger partial charge in [0, 0.05) is 31.3 Å².